The van der Waals surface area contributed by atoms with Crippen LogP contribution in [-0.2, 0) is 9.53 Å². The summed E-state index contributed by atoms with van der Waals surface area (Å²) in [5.41, 5.74) is -0.407. The van der Waals surface area contributed by atoms with Crippen molar-refractivity contribution in [1.29, 1.82) is 0 Å². The third-order valence-corrected chi connectivity index (χ3v) is 5.19. The average Bonchev–Trinajstić information content (AvgIpc) is 2.54. The van der Waals surface area contributed by atoms with Gasteiger partial charge < -0.3 is 9.64 Å². The number of hydrogen-bond donors (Lipinski definition) is 0. The zero-order valence-corrected chi connectivity index (χ0v) is 12.8. The zero-order chi connectivity index (χ0) is 14.5. The smallest absolute Gasteiger partial charge is 0.410 e. The molecule has 3 aliphatic rings. The fraction of sp³-hybridized carbons (Fsp3) is 0.875. The van der Waals surface area contributed by atoms with Crippen molar-refractivity contribution in [2.75, 3.05) is 6.54 Å². The second kappa shape index (κ2) is 4.47. The number of hydrogen-bond acceptors (Lipinski definition) is 3. The second-order valence-electron chi connectivity index (χ2n) is 7.81. The number of nitrogens with zero attached hydrogens (tertiary/aromatic N) is 1. The van der Waals surface area contributed by atoms with Crippen LogP contribution in [0, 0.1) is 11.3 Å². The molecule has 4 heteroatoms. The molecule has 1 heterocycles. The van der Waals surface area contributed by atoms with Gasteiger partial charge in [-0.3, -0.25) is 4.79 Å². The summed E-state index contributed by atoms with van der Waals surface area (Å²) in [7, 11) is 0. The number of likely N-dealkylation sites (tertiary alicyclic amines) is 1. The molecule has 20 heavy (non-hydrogen) atoms. The number of ketones is 1. The van der Waals surface area contributed by atoms with Gasteiger partial charge in [0.1, 0.15) is 11.4 Å². The second-order valence-corrected chi connectivity index (χ2v) is 7.81. The molecule has 3 atom stereocenters. The predicted molar refractivity (Wildman–Crippen MR) is 75.4 cm³/mol. The standard InChI is InChI=1S/C16H25NO3/c1-15(2,3)20-14(19)17-10-16-7-5-4-6-12(16)13(17)8-11(18)9-16/h12-13H,4-10H2,1-3H3/t12-,13+,16+/m1/s1. The van der Waals surface area contributed by atoms with Gasteiger partial charge in [-0.05, 0) is 44.9 Å². The molecule has 2 saturated carbocycles. The summed E-state index contributed by atoms with van der Waals surface area (Å²) < 4.78 is 5.54. The van der Waals surface area contributed by atoms with Crippen LogP contribution in [0.5, 0.6) is 0 Å². The summed E-state index contributed by atoms with van der Waals surface area (Å²) in [4.78, 5) is 26.4. The third-order valence-electron chi connectivity index (χ3n) is 5.19. The lowest BCUT2D eigenvalue weighted by atomic mass is 9.60. The van der Waals surface area contributed by atoms with E-state index in [2.05, 4.69) is 0 Å². The lowest BCUT2D eigenvalue weighted by Crippen LogP contribution is -2.44. The van der Waals surface area contributed by atoms with Crippen molar-refractivity contribution in [3.05, 3.63) is 0 Å². The Bertz CT molecular complexity index is 439. The zero-order valence-electron chi connectivity index (χ0n) is 12.8. The van der Waals surface area contributed by atoms with Gasteiger partial charge in [0.25, 0.3) is 0 Å². The van der Waals surface area contributed by atoms with Gasteiger partial charge in [-0.15, -0.1) is 0 Å². The Kier molecular flexibility index (Phi) is 3.11. The molecule has 0 unspecified atom stereocenters. The van der Waals surface area contributed by atoms with E-state index in [1.165, 1.54) is 12.8 Å². The Hall–Kier alpha value is -1.06. The van der Waals surface area contributed by atoms with Crippen molar-refractivity contribution >= 4 is 11.9 Å². The van der Waals surface area contributed by atoms with Crippen LogP contribution >= 0.6 is 0 Å². The summed E-state index contributed by atoms with van der Waals surface area (Å²) in [6.07, 6.45) is 5.67. The van der Waals surface area contributed by atoms with Crippen molar-refractivity contribution in [2.45, 2.75) is 70.9 Å². The van der Waals surface area contributed by atoms with Gasteiger partial charge in [0.05, 0.1) is 0 Å². The van der Waals surface area contributed by atoms with Crippen molar-refractivity contribution in [1.82, 2.24) is 4.90 Å². The van der Waals surface area contributed by atoms with Crippen molar-refractivity contribution in [3.8, 4) is 0 Å². The van der Waals surface area contributed by atoms with Crippen LogP contribution in [0.2, 0.25) is 0 Å². The van der Waals surface area contributed by atoms with Crippen molar-refractivity contribution in [3.63, 3.8) is 0 Å². The van der Waals surface area contributed by atoms with Crippen LogP contribution in [-0.4, -0.2) is 35.0 Å². The predicted octanol–water partition coefficient (Wildman–Crippen LogP) is 3.15. The van der Waals surface area contributed by atoms with Crippen LogP contribution in [0.4, 0.5) is 4.79 Å². The minimum atomic E-state index is -0.472. The first-order valence-corrected chi connectivity index (χ1v) is 7.82. The van der Waals surface area contributed by atoms with Gasteiger partial charge in [0, 0.05) is 25.4 Å². The number of Topliss-reactive ketones (excluding diaryl/α,β-unsaturated/α-hetero) is 1. The van der Waals surface area contributed by atoms with E-state index < -0.39 is 5.60 Å². The van der Waals surface area contributed by atoms with Crippen LogP contribution in [0.25, 0.3) is 0 Å². The Morgan fingerprint density at radius 3 is 2.80 bits per heavy atom. The molecule has 4 nitrogen and oxygen atoms in total. The van der Waals surface area contributed by atoms with E-state index in [9.17, 15) is 9.59 Å². The van der Waals surface area contributed by atoms with Crippen LogP contribution in [0.3, 0.4) is 0 Å². The number of carbonyl (C=O) groups is 2. The van der Waals surface area contributed by atoms with Crippen molar-refractivity contribution < 1.29 is 14.3 Å². The molecule has 3 fully saturated rings. The fourth-order valence-corrected chi connectivity index (χ4v) is 4.55. The van der Waals surface area contributed by atoms with E-state index in [0.717, 1.165) is 19.4 Å². The molecule has 2 bridgehead atoms. The summed E-state index contributed by atoms with van der Waals surface area (Å²) >= 11 is 0. The summed E-state index contributed by atoms with van der Waals surface area (Å²) in [5, 5.41) is 0. The molecule has 1 aliphatic heterocycles. The molecule has 1 amide bonds. The molecule has 0 spiro atoms. The Morgan fingerprint density at radius 1 is 1.35 bits per heavy atom. The van der Waals surface area contributed by atoms with Crippen LogP contribution in [0.15, 0.2) is 0 Å². The van der Waals surface area contributed by atoms with Gasteiger partial charge in [-0.25, -0.2) is 4.79 Å². The summed E-state index contributed by atoms with van der Waals surface area (Å²) in [5.74, 6) is 0.848. The number of ether oxygens (including phenoxy) is 1. The van der Waals surface area contributed by atoms with E-state index in [1.54, 1.807) is 0 Å². The normalized spacial score (nSPS) is 36.8. The van der Waals surface area contributed by atoms with E-state index in [0.29, 0.717) is 24.5 Å². The SMILES string of the molecule is CC(C)(C)OC(=O)N1C[C@@]23CCCC[C@@H]2[C@@H]1CC(=O)C3. The number of amides is 1. The first kappa shape index (κ1) is 13.9. The highest BCUT2D eigenvalue weighted by Gasteiger charge is 2.58. The number of rotatable bonds is 0. The molecule has 3 rings (SSSR count). The molecule has 112 valence electrons. The molecule has 1 saturated heterocycles. The van der Waals surface area contributed by atoms with Gasteiger partial charge in [-0.2, -0.15) is 0 Å². The average molecular weight is 279 g/mol. The molecule has 0 radical (unpaired) electrons. The first-order chi connectivity index (χ1) is 9.31. The van der Waals surface area contributed by atoms with Gasteiger partial charge in [0.2, 0.25) is 0 Å². The van der Waals surface area contributed by atoms with E-state index in [4.69, 9.17) is 4.74 Å². The molecule has 0 N–H and O–H groups in total. The molecular formula is C16H25NO3. The Balaban J connectivity index is 1.84. The number of carbonyl (C=O) groups excluding carboxylic acids is 2. The summed E-state index contributed by atoms with van der Waals surface area (Å²) in [6.45, 7) is 6.40. The largest absolute Gasteiger partial charge is 0.444 e. The fourth-order valence-electron chi connectivity index (χ4n) is 4.55. The van der Waals surface area contributed by atoms with Crippen LogP contribution in [0.1, 0.15) is 59.3 Å². The van der Waals surface area contributed by atoms with Crippen LogP contribution < -0.4 is 0 Å². The van der Waals surface area contributed by atoms with Gasteiger partial charge >= 0.3 is 6.09 Å². The third kappa shape index (κ3) is 2.23. The molecule has 0 aromatic rings. The summed E-state index contributed by atoms with van der Waals surface area (Å²) in [6, 6.07) is 0.0893. The van der Waals surface area contributed by atoms with E-state index in [1.807, 2.05) is 25.7 Å². The molecule has 0 aromatic heterocycles. The maximum absolute atomic E-state index is 12.4. The minimum absolute atomic E-state index is 0.0646. The highest BCUT2D eigenvalue weighted by molar-refractivity contribution is 5.83. The maximum Gasteiger partial charge on any atom is 0.410 e. The molecule has 2 aliphatic carbocycles. The Morgan fingerprint density at radius 2 is 2.10 bits per heavy atom. The quantitative estimate of drug-likeness (QED) is 0.684. The lowest BCUT2D eigenvalue weighted by molar-refractivity contribution is -0.125. The first-order valence-electron chi connectivity index (χ1n) is 7.82. The topological polar surface area (TPSA) is 46.6 Å². The highest BCUT2D eigenvalue weighted by atomic mass is 16.6. The highest BCUT2D eigenvalue weighted by Crippen LogP contribution is 2.56. The van der Waals surface area contributed by atoms with Crippen molar-refractivity contribution in [2.24, 2.45) is 11.3 Å². The van der Waals surface area contributed by atoms with E-state index in [-0.39, 0.29) is 17.6 Å². The lowest BCUT2D eigenvalue weighted by Gasteiger charge is -2.42. The molecular weight excluding hydrogens is 254 g/mol. The van der Waals surface area contributed by atoms with Gasteiger partial charge in [0.15, 0.2) is 0 Å². The van der Waals surface area contributed by atoms with Gasteiger partial charge in [-0.1, -0.05) is 12.8 Å². The minimum Gasteiger partial charge on any atom is -0.444 e. The monoisotopic (exact) mass is 279 g/mol. The van der Waals surface area contributed by atoms with E-state index >= 15 is 0 Å². The Labute approximate surface area is 120 Å². The molecule has 0 aromatic carbocycles. The maximum atomic E-state index is 12.4.